The fourth-order valence-electron chi connectivity index (χ4n) is 1.79. The number of aromatic nitrogens is 2. The number of nitrogen functional groups attached to an aromatic ring is 1. The zero-order chi connectivity index (χ0) is 9.26. The maximum absolute atomic E-state index is 11.6. The minimum atomic E-state index is -0.0735. The SMILES string of the molecule is Nc1n[nH]c2c(c1=O)CCCCC2. The third-order valence-corrected chi connectivity index (χ3v) is 2.54. The lowest BCUT2D eigenvalue weighted by atomic mass is 10.1. The lowest BCUT2D eigenvalue weighted by molar-refractivity contribution is 0.706. The normalized spacial score (nSPS) is 16.3. The summed E-state index contributed by atoms with van der Waals surface area (Å²) in [4.78, 5) is 11.6. The Labute approximate surface area is 76.2 Å². The van der Waals surface area contributed by atoms with Crippen molar-refractivity contribution < 1.29 is 0 Å². The molecule has 3 N–H and O–H groups in total. The maximum Gasteiger partial charge on any atom is 0.227 e. The standard InChI is InChI=1S/C9H13N3O/c10-9-8(13)6-4-2-1-3-5-7(6)11-12-9/h1-5H2,(H2,10,12)(H,11,13). The van der Waals surface area contributed by atoms with Gasteiger partial charge in [-0.25, -0.2) is 0 Å². The van der Waals surface area contributed by atoms with Gasteiger partial charge in [0.25, 0.3) is 0 Å². The van der Waals surface area contributed by atoms with Crippen LogP contribution in [0.4, 0.5) is 5.82 Å². The molecule has 1 heterocycles. The van der Waals surface area contributed by atoms with Crippen LogP contribution in [0, 0.1) is 0 Å². The van der Waals surface area contributed by atoms with E-state index in [1.807, 2.05) is 0 Å². The third-order valence-electron chi connectivity index (χ3n) is 2.54. The van der Waals surface area contributed by atoms with Gasteiger partial charge in [-0.2, -0.15) is 5.10 Å². The number of nitrogens with zero attached hydrogens (tertiary/aromatic N) is 1. The first-order valence-electron chi connectivity index (χ1n) is 4.65. The van der Waals surface area contributed by atoms with Crippen LogP contribution in [-0.2, 0) is 12.8 Å². The molecule has 4 nitrogen and oxygen atoms in total. The van der Waals surface area contributed by atoms with E-state index in [0.29, 0.717) is 0 Å². The Morgan fingerprint density at radius 3 is 2.85 bits per heavy atom. The fraction of sp³-hybridized carbons (Fsp3) is 0.556. The van der Waals surface area contributed by atoms with Crippen molar-refractivity contribution in [3.05, 3.63) is 21.5 Å². The van der Waals surface area contributed by atoms with Crippen LogP contribution in [-0.4, -0.2) is 10.2 Å². The quantitative estimate of drug-likeness (QED) is 0.573. The van der Waals surface area contributed by atoms with Gasteiger partial charge in [-0.05, 0) is 25.7 Å². The summed E-state index contributed by atoms with van der Waals surface area (Å²) in [6.45, 7) is 0. The van der Waals surface area contributed by atoms with Crippen LogP contribution in [0.25, 0.3) is 0 Å². The molecule has 2 rings (SSSR count). The number of fused-ring (bicyclic) bond motifs is 1. The smallest absolute Gasteiger partial charge is 0.227 e. The van der Waals surface area contributed by atoms with Crippen LogP contribution in [0.15, 0.2) is 4.79 Å². The molecule has 1 aliphatic rings. The van der Waals surface area contributed by atoms with Gasteiger partial charge in [0.1, 0.15) is 0 Å². The molecule has 4 heteroatoms. The molecule has 70 valence electrons. The van der Waals surface area contributed by atoms with Crippen molar-refractivity contribution in [3.63, 3.8) is 0 Å². The first kappa shape index (κ1) is 8.29. The highest BCUT2D eigenvalue weighted by molar-refractivity contribution is 5.34. The number of rotatable bonds is 0. The lowest BCUT2D eigenvalue weighted by Crippen LogP contribution is -2.19. The highest BCUT2D eigenvalue weighted by Crippen LogP contribution is 2.15. The van der Waals surface area contributed by atoms with Gasteiger partial charge in [-0.3, -0.25) is 9.89 Å². The molecule has 0 amide bonds. The highest BCUT2D eigenvalue weighted by atomic mass is 16.1. The van der Waals surface area contributed by atoms with Crippen LogP contribution in [0.3, 0.4) is 0 Å². The van der Waals surface area contributed by atoms with E-state index < -0.39 is 0 Å². The summed E-state index contributed by atoms with van der Waals surface area (Å²) in [5, 5.41) is 6.64. The van der Waals surface area contributed by atoms with Gasteiger partial charge in [0, 0.05) is 11.3 Å². The maximum atomic E-state index is 11.6. The molecule has 0 spiro atoms. The van der Waals surface area contributed by atoms with Gasteiger partial charge in [0.05, 0.1) is 0 Å². The Balaban J connectivity index is 2.54. The summed E-state index contributed by atoms with van der Waals surface area (Å²) in [5.41, 5.74) is 7.20. The summed E-state index contributed by atoms with van der Waals surface area (Å²) in [6.07, 6.45) is 5.17. The van der Waals surface area contributed by atoms with E-state index in [1.54, 1.807) is 0 Å². The predicted molar refractivity (Wildman–Crippen MR) is 50.5 cm³/mol. The first-order chi connectivity index (χ1) is 6.29. The van der Waals surface area contributed by atoms with Crippen LogP contribution in [0.5, 0.6) is 0 Å². The molecule has 1 aliphatic carbocycles. The number of nitrogens with two attached hydrogens (primary N) is 1. The second kappa shape index (κ2) is 3.20. The molecule has 0 radical (unpaired) electrons. The van der Waals surface area contributed by atoms with E-state index in [0.717, 1.165) is 36.9 Å². The minimum absolute atomic E-state index is 0.0735. The van der Waals surface area contributed by atoms with Crippen molar-refractivity contribution in [1.82, 2.24) is 10.2 Å². The number of aromatic amines is 1. The van der Waals surface area contributed by atoms with Crippen molar-refractivity contribution in [3.8, 4) is 0 Å². The molecule has 1 aromatic rings. The van der Waals surface area contributed by atoms with Crippen LogP contribution in [0.1, 0.15) is 30.5 Å². The monoisotopic (exact) mass is 179 g/mol. The molecular formula is C9H13N3O. The Bertz CT molecular complexity index is 370. The van der Waals surface area contributed by atoms with Crippen molar-refractivity contribution >= 4 is 5.82 Å². The Hall–Kier alpha value is -1.32. The summed E-state index contributed by atoms with van der Waals surface area (Å²) >= 11 is 0. The molecule has 1 aromatic heterocycles. The number of hydrogen-bond donors (Lipinski definition) is 2. The van der Waals surface area contributed by atoms with Gasteiger partial charge < -0.3 is 5.73 Å². The number of anilines is 1. The van der Waals surface area contributed by atoms with Crippen molar-refractivity contribution in [2.45, 2.75) is 32.1 Å². The number of hydrogen-bond acceptors (Lipinski definition) is 3. The average Bonchev–Trinajstić information content (AvgIpc) is 2.36. The molecule has 0 aromatic carbocycles. The van der Waals surface area contributed by atoms with E-state index >= 15 is 0 Å². The zero-order valence-electron chi connectivity index (χ0n) is 7.47. The van der Waals surface area contributed by atoms with Crippen LogP contribution in [0.2, 0.25) is 0 Å². The van der Waals surface area contributed by atoms with Crippen molar-refractivity contribution in [1.29, 1.82) is 0 Å². The first-order valence-corrected chi connectivity index (χ1v) is 4.65. The van der Waals surface area contributed by atoms with Gasteiger partial charge in [-0.1, -0.05) is 6.42 Å². The molecule has 13 heavy (non-hydrogen) atoms. The van der Waals surface area contributed by atoms with E-state index in [9.17, 15) is 4.79 Å². The second-order valence-corrected chi connectivity index (χ2v) is 3.46. The largest absolute Gasteiger partial charge is 0.379 e. The summed E-state index contributed by atoms with van der Waals surface area (Å²) < 4.78 is 0. The molecule has 0 fully saturated rings. The predicted octanol–water partition coefficient (Wildman–Crippen LogP) is 0.621. The highest BCUT2D eigenvalue weighted by Gasteiger charge is 2.13. The lowest BCUT2D eigenvalue weighted by Gasteiger charge is -2.03. The number of aryl methyl sites for hydroxylation is 1. The van der Waals surface area contributed by atoms with E-state index in [1.165, 1.54) is 6.42 Å². The molecule has 0 atom stereocenters. The van der Waals surface area contributed by atoms with Crippen LogP contribution < -0.4 is 11.2 Å². The molecular weight excluding hydrogens is 166 g/mol. The zero-order valence-corrected chi connectivity index (χ0v) is 7.47. The Morgan fingerprint density at radius 2 is 2.00 bits per heavy atom. The van der Waals surface area contributed by atoms with E-state index in [4.69, 9.17) is 5.73 Å². The van der Waals surface area contributed by atoms with Crippen molar-refractivity contribution in [2.75, 3.05) is 5.73 Å². The van der Waals surface area contributed by atoms with Gasteiger partial charge in [-0.15, -0.1) is 0 Å². The average molecular weight is 179 g/mol. The minimum Gasteiger partial charge on any atom is -0.379 e. The van der Waals surface area contributed by atoms with E-state index in [2.05, 4.69) is 10.2 Å². The molecule has 0 unspecified atom stereocenters. The third kappa shape index (κ3) is 1.43. The summed E-state index contributed by atoms with van der Waals surface area (Å²) in [7, 11) is 0. The number of H-pyrrole nitrogens is 1. The molecule has 0 aliphatic heterocycles. The van der Waals surface area contributed by atoms with E-state index in [-0.39, 0.29) is 11.2 Å². The Kier molecular flexibility index (Phi) is 2.04. The molecule has 0 saturated heterocycles. The summed E-state index contributed by atoms with van der Waals surface area (Å²) in [5.74, 6) is 0.0978. The molecule has 0 saturated carbocycles. The summed E-state index contributed by atoms with van der Waals surface area (Å²) in [6, 6.07) is 0. The number of nitrogens with one attached hydrogen (secondary N) is 1. The molecule has 0 bridgehead atoms. The second-order valence-electron chi connectivity index (χ2n) is 3.46. The Morgan fingerprint density at radius 1 is 1.23 bits per heavy atom. The van der Waals surface area contributed by atoms with Crippen LogP contribution >= 0.6 is 0 Å². The van der Waals surface area contributed by atoms with Crippen molar-refractivity contribution in [2.24, 2.45) is 0 Å². The van der Waals surface area contributed by atoms with Gasteiger partial charge in [0.2, 0.25) is 5.43 Å². The fourth-order valence-corrected chi connectivity index (χ4v) is 1.79. The van der Waals surface area contributed by atoms with Gasteiger partial charge >= 0.3 is 0 Å². The topological polar surface area (TPSA) is 71.8 Å². The van der Waals surface area contributed by atoms with Gasteiger partial charge in [0.15, 0.2) is 5.82 Å².